The van der Waals surface area contributed by atoms with E-state index in [4.69, 9.17) is 0 Å². The van der Waals surface area contributed by atoms with E-state index >= 15 is 0 Å². The van der Waals surface area contributed by atoms with Crippen LogP contribution in [0.15, 0.2) is 24.3 Å². The van der Waals surface area contributed by atoms with Gasteiger partial charge in [-0.15, -0.1) is 0 Å². The van der Waals surface area contributed by atoms with Crippen LogP contribution in [-0.4, -0.2) is 16.1 Å². The summed E-state index contributed by atoms with van der Waals surface area (Å²) in [5.74, 6) is 0.195. The molecule has 0 aromatic heterocycles. The van der Waals surface area contributed by atoms with Crippen LogP contribution in [0.2, 0.25) is 0 Å². The Labute approximate surface area is 114 Å². The Bertz CT molecular complexity index is 375. The van der Waals surface area contributed by atoms with Gasteiger partial charge in [-0.3, -0.25) is 10.1 Å². The summed E-state index contributed by atoms with van der Waals surface area (Å²) in [6, 6.07) is 6.15. The zero-order valence-corrected chi connectivity index (χ0v) is 11.5. The average Bonchev–Trinajstić information content (AvgIpc) is 2.39. The summed E-state index contributed by atoms with van der Waals surface area (Å²) in [6.07, 6.45) is 6.64. The van der Waals surface area contributed by atoms with Crippen LogP contribution in [0.1, 0.15) is 51.0 Å². The third-order valence-corrected chi connectivity index (χ3v) is 3.35. The summed E-state index contributed by atoms with van der Waals surface area (Å²) in [6.45, 7) is 2.16. The van der Waals surface area contributed by atoms with Crippen molar-refractivity contribution >= 4 is 0 Å². The van der Waals surface area contributed by atoms with Gasteiger partial charge in [0.15, 0.2) is 0 Å². The van der Waals surface area contributed by atoms with Crippen molar-refractivity contribution in [2.45, 2.75) is 57.9 Å². The summed E-state index contributed by atoms with van der Waals surface area (Å²) in [5.41, 5.74) is 0.910. The van der Waals surface area contributed by atoms with Gasteiger partial charge in [-0.05, 0) is 24.1 Å². The van der Waals surface area contributed by atoms with Crippen LogP contribution < -0.4 is 0 Å². The molecule has 0 bridgehead atoms. The van der Waals surface area contributed by atoms with Crippen LogP contribution in [0.5, 0.6) is 5.75 Å². The van der Waals surface area contributed by atoms with Crippen molar-refractivity contribution < 1.29 is 10.0 Å². The van der Waals surface area contributed by atoms with E-state index in [0.717, 1.165) is 18.4 Å². The molecule has 1 atom stereocenters. The van der Waals surface area contributed by atoms with E-state index in [0.29, 0.717) is 12.8 Å². The molecule has 0 saturated heterocycles. The largest absolute Gasteiger partial charge is 0.508 e. The van der Waals surface area contributed by atoms with Crippen molar-refractivity contribution in [2.75, 3.05) is 0 Å². The maximum absolute atomic E-state index is 11.0. The lowest BCUT2D eigenvalue weighted by molar-refractivity contribution is -0.523. The first kappa shape index (κ1) is 15.5. The Hall–Kier alpha value is -1.58. The van der Waals surface area contributed by atoms with Gasteiger partial charge >= 0.3 is 0 Å². The maximum Gasteiger partial charge on any atom is 0.217 e. The number of hydrogen-bond donors (Lipinski definition) is 1. The molecule has 4 heteroatoms. The summed E-state index contributed by atoms with van der Waals surface area (Å²) in [4.78, 5) is 10.9. The van der Waals surface area contributed by atoms with Crippen LogP contribution in [0, 0.1) is 10.1 Å². The van der Waals surface area contributed by atoms with Crippen molar-refractivity contribution in [3.8, 4) is 5.75 Å². The molecule has 0 heterocycles. The second kappa shape index (κ2) is 8.51. The number of nitrogens with zero attached hydrogens (tertiary/aromatic N) is 1. The number of phenolic OH excluding ortho intramolecular Hbond substituents is 1. The van der Waals surface area contributed by atoms with E-state index in [1.807, 2.05) is 0 Å². The van der Waals surface area contributed by atoms with Crippen LogP contribution in [-0.2, 0) is 6.42 Å². The number of phenols is 1. The van der Waals surface area contributed by atoms with Gasteiger partial charge in [0, 0.05) is 17.8 Å². The van der Waals surface area contributed by atoms with Crippen LogP contribution >= 0.6 is 0 Å². The number of hydrogen-bond acceptors (Lipinski definition) is 3. The zero-order valence-electron chi connectivity index (χ0n) is 11.5. The Morgan fingerprint density at radius 2 is 1.79 bits per heavy atom. The van der Waals surface area contributed by atoms with Gasteiger partial charge in [-0.25, -0.2) is 0 Å². The Morgan fingerprint density at radius 3 is 2.37 bits per heavy atom. The molecule has 0 spiro atoms. The molecule has 0 saturated carbocycles. The van der Waals surface area contributed by atoms with E-state index in [-0.39, 0.29) is 10.7 Å². The molecule has 0 aliphatic rings. The monoisotopic (exact) mass is 265 g/mol. The van der Waals surface area contributed by atoms with Gasteiger partial charge < -0.3 is 5.11 Å². The predicted molar refractivity (Wildman–Crippen MR) is 76.0 cm³/mol. The molecule has 4 nitrogen and oxygen atoms in total. The van der Waals surface area contributed by atoms with E-state index in [1.54, 1.807) is 24.3 Å². The lowest BCUT2D eigenvalue weighted by atomic mass is 10.0. The predicted octanol–water partition coefficient (Wildman–Crippen LogP) is 3.94. The second-order valence-electron chi connectivity index (χ2n) is 5.01. The normalized spacial score (nSPS) is 12.3. The van der Waals surface area contributed by atoms with Crippen LogP contribution in [0.4, 0.5) is 0 Å². The van der Waals surface area contributed by atoms with Crippen molar-refractivity contribution in [1.29, 1.82) is 0 Å². The Balaban J connectivity index is 2.40. The number of unbranched alkanes of at least 4 members (excludes halogenated alkanes) is 4. The first-order valence-electron chi connectivity index (χ1n) is 7.05. The Kier molecular flexibility index (Phi) is 6.93. The zero-order chi connectivity index (χ0) is 14.1. The lowest BCUT2D eigenvalue weighted by Gasteiger charge is -2.09. The highest BCUT2D eigenvalue weighted by Crippen LogP contribution is 2.16. The Morgan fingerprint density at radius 1 is 1.16 bits per heavy atom. The smallest absolute Gasteiger partial charge is 0.217 e. The lowest BCUT2D eigenvalue weighted by Crippen LogP contribution is -2.22. The first-order valence-corrected chi connectivity index (χ1v) is 7.05. The summed E-state index contributed by atoms with van der Waals surface area (Å²) in [5, 5.41) is 20.2. The molecule has 1 unspecified atom stereocenters. The molecule has 1 N–H and O–H groups in total. The molecule has 0 aliphatic carbocycles. The van der Waals surface area contributed by atoms with Gasteiger partial charge in [-0.1, -0.05) is 44.7 Å². The molecule has 19 heavy (non-hydrogen) atoms. The van der Waals surface area contributed by atoms with Crippen LogP contribution in [0.3, 0.4) is 0 Å². The van der Waals surface area contributed by atoms with Gasteiger partial charge in [0.25, 0.3) is 0 Å². The highest BCUT2D eigenvalue weighted by atomic mass is 16.6. The number of benzene rings is 1. The third-order valence-electron chi connectivity index (χ3n) is 3.35. The second-order valence-corrected chi connectivity index (χ2v) is 5.01. The fourth-order valence-corrected chi connectivity index (χ4v) is 2.17. The number of nitro groups is 1. The van der Waals surface area contributed by atoms with E-state index < -0.39 is 6.04 Å². The van der Waals surface area contributed by atoms with Crippen molar-refractivity contribution in [1.82, 2.24) is 0 Å². The maximum atomic E-state index is 11.0. The summed E-state index contributed by atoms with van der Waals surface area (Å²) < 4.78 is 0. The minimum absolute atomic E-state index is 0.174. The standard InChI is InChI=1S/C15H23NO3/c1-2-3-4-5-6-7-14(16(18)19)12-13-8-10-15(17)11-9-13/h8-11,14,17H,2-7,12H2,1H3. The molecule has 106 valence electrons. The van der Waals surface area contributed by atoms with E-state index in [2.05, 4.69) is 6.92 Å². The van der Waals surface area contributed by atoms with E-state index in [9.17, 15) is 15.2 Å². The quantitative estimate of drug-likeness (QED) is 0.418. The molecule has 1 rings (SSSR count). The van der Waals surface area contributed by atoms with Gasteiger partial charge in [-0.2, -0.15) is 0 Å². The topological polar surface area (TPSA) is 63.4 Å². The molecule has 0 aliphatic heterocycles. The SMILES string of the molecule is CCCCCCCC(Cc1ccc(O)cc1)[N+](=O)[O-]. The fourth-order valence-electron chi connectivity index (χ4n) is 2.17. The summed E-state index contributed by atoms with van der Waals surface area (Å²) in [7, 11) is 0. The highest BCUT2D eigenvalue weighted by Gasteiger charge is 2.19. The van der Waals surface area contributed by atoms with Crippen molar-refractivity contribution in [2.24, 2.45) is 0 Å². The molecule has 0 radical (unpaired) electrons. The molecule has 0 fully saturated rings. The third kappa shape index (κ3) is 6.22. The molecule has 1 aromatic rings. The number of aromatic hydroxyl groups is 1. The highest BCUT2D eigenvalue weighted by molar-refractivity contribution is 5.26. The van der Waals surface area contributed by atoms with Gasteiger partial charge in [0.1, 0.15) is 5.75 Å². The minimum atomic E-state index is -0.508. The molecular formula is C15H23NO3. The first-order chi connectivity index (χ1) is 9.13. The van der Waals surface area contributed by atoms with Crippen LogP contribution in [0.25, 0.3) is 0 Å². The molecular weight excluding hydrogens is 242 g/mol. The van der Waals surface area contributed by atoms with Crippen molar-refractivity contribution in [3.63, 3.8) is 0 Å². The van der Waals surface area contributed by atoms with E-state index in [1.165, 1.54) is 19.3 Å². The minimum Gasteiger partial charge on any atom is -0.508 e. The summed E-state index contributed by atoms with van der Waals surface area (Å²) >= 11 is 0. The van der Waals surface area contributed by atoms with Gasteiger partial charge in [0.2, 0.25) is 6.04 Å². The fraction of sp³-hybridized carbons (Fsp3) is 0.600. The van der Waals surface area contributed by atoms with Gasteiger partial charge in [0.05, 0.1) is 0 Å². The van der Waals surface area contributed by atoms with Crippen molar-refractivity contribution in [3.05, 3.63) is 39.9 Å². The molecule has 1 aromatic carbocycles. The average molecular weight is 265 g/mol. The number of rotatable bonds is 9. The molecule has 0 amide bonds.